The normalized spacial score (nSPS) is 12.7. The van der Waals surface area contributed by atoms with E-state index in [9.17, 15) is 0 Å². The summed E-state index contributed by atoms with van der Waals surface area (Å²) < 4.78 is 0. The van der Waals surface area contributed by atoms with Crippen molar-refractivity contribution in [1.29, 1.82) is 0 Å². The molecule has 0 aromatic heterocycles. The van der Waals surface area contributed by atoms with Gasteiger partial charge in [0.15, 0.2) is 0 Å². The molecule has 1 aromatic carbocycles. The number of unbranched alkanes of at least 4 members (excludes halogenated alkanes) is 1. The summed E-state index contributed by atoms with van der Waals surface area (Å²) >= 11 is 0. The lowest BCUT2D eigenvalue weighted by Gasteiger charge is -2.22. The quantitative estimate of drug-likeness (QED) is 0.355. The zero-order valence-electron chi connectivity index (χ0n) is 14.7. The van der Waals surface area contributed by atoms with Crippen LogP contribution in [0.4, 0.5) is 0 Å². The molecule has 0 amide bonds. The second kappa shape index (κ2) is 12.9. The van der Waals surface area contributed by atoms with Gasteiger partial charge in [0, 0.05) is 0 Å². The lowest BCUT2D eigenvalue weighted by molar-refractivity contribution is 0.270. The summed E-state index contributed by atoms with van der Waals surface area (Å²) in [5, 5.41) is 0. The second-order valence-electron chi connectivity index (χ2n) is 6.16. The van der Waals surface area contributed by atoms with Gasteiger partial charge in [-0.2, -0.15) is 10.5 Å². The Labute approximate surface area is 141 Å². The fourth-order valence-corrected chi connectivity index (χ4v) is 4.16. The molecule has 1 unspecified atom stereocenters. The Morgan fingerprint density at radius 3 is 2.27 bits per heavy atom. The van der Waals surface area contributed by atoms with Crippen molar-refractivity contribution in [3.05, 3.63) is 35.9 Å². The third-order valence-corrected chi connectivity index (χ3v) is 5.82. The van der Waals surface area contributed by atoms with Crippen LogP contribution in [-0.2, 0) is 6.42 Å². The third-order valence-electron chi connectivity index (χ3n) is 3.97. The van der Waals surface area contributed by atoms with Crippen LogP contribution in [0.15, 0.2) is 30.3 Å². The summed E-state index contributed by atoms with van der Waals surface area (Å²) in [4.78, 5) is 2.66. The lowest BCUT2D eigenvalue weighted by atomic mass is 10.1. The molecule has 0 saturated carbocycles. The molecule has 1 atom stereocenters. The van der Waals surface area contributed by atoms with Crippen molar-refractivity contribution in [2.24, 2.45) is 0 Å². The van der Waals surface area contributed by atoms with E-state index in [2.05, 4.69) is 54.9 Å². The largest absolute Gasteiger partial charge is 0.303 e. The van der Waals surface area contributed by atoms with Crippen molar-refractivity contribution < 1.29 is 0 Å². The van der Waals surface area contributed by atoms with Gasteiger partial charge in [-0.05, 0) is 75.2 Å². The molecule has 1 nitrogen and oxygen atoms in total. The smallest absolute Gasteiger partial charge is 0.00111 e. The molecule has 1 rings (SSSR count). The maximum atomic E-state index is 4.29. The molecule has 0 saturated heterocycles. The number of hydrogen-bond acceptors (Lipinski definition) is 1. The number of rotatable bonds is 13. The van der Waals surface area contributed by atoms with E-state index in [0.717, 1.165) is 0 Å². The Morgan fingerprint density at radius 1 is 0.864 bits per heavy atom. The molecule has 0 bridgehead atoms. The monoisotopic (exact) mass is 321 g/mol. The van der Waals surface area contributed by atoms with E-state index in [4.69, 9.17) is 0 Å². The summed E-state index contributed by atoms with van der Waals surface area (Å²) in [6.45, 7) is 8.34. The van der Waals surface area contributed by atoms with Crippen molar-refractivity contribution in [3.8, 4) is 0 Å². The maximum Gasteiger partial charge on any atom is -0.00111 e. The van der Waals surface area contributed by atoms with Crippen LogP contribution in [0.1, 0.15) is 51.5 Å². The molecule has 126 valence electrons. The SMILES string of the molecule is C=S(CCC)CCCN(CCC)CCCCc1ccccc1. The van der Waals surface area contributed by atoms with Crippen LogP contribution in [-0.4, -0.2) is 41.9 Å². The number of nitrogens with zero attached hydrogens (tertiary/aromatic N) is 1. The van der Waals surface area contributed by atoms with Gasteiger partial charge < -0.3 is 4.90 Å². The van der Waals surface area contributed by atoms with Crippen LogP contribution in [0.5, 0.6) is 0 Å². The van der Waals surface area contributed by atoms with Crippen molar-refractivity contribution >= 4 is 16.4 Å². The Bertz CT molecular complexity index is 388. The van der Waals surface area contributed by atoms with Gasteiger partial charge in [-0.3, -0.25) is 0 Å². The van der Waals surface area contributed by atoms with Gasteiger partial charge in [0.1, 0.15) is 0 Å². The summed E-state index contributed by atoms with van der Waals surface area (Å²) in [7, 11) is 0.401. The van der Waals surface area contributed by atoms with E-state index < -0.39 is 0 Å². The maximum absolute atomic E-state index is 4.29. The third kappa shape index (κ3) is 9.42. The number of hydrogen-bond donors (Lipinski definition) is 0. The summed E-state index contributed by atoms with van der Waals surface area (Å²) in [6, 6.07) is 10.9. The Hall–Kier alpha value is -0.600. The minimum absolute atomic E-state index is 0.401. The number of aryl methyl sites for hydroxylation is 1. The summed E-state index contributed by atoms with van der Waals surface area (Å²) in [5.74, 6) is 6.92. The first-order valence-electron chi connectivity index (χ1n) is 8.99. The predicted octanol–water partition coefficient (Wildman–Crippen LogP) is 5.22. The van der Waals surface area contributed by atoms with Gasteiger partial charge in [0.05, 0.1) is 0 Å². The van der Waals surface area contributed by atoms with Crippen LogP contribution in [0.3, 0.4) is 0 Å². The highest BCUT2D eigenvalue weighted by atomic mass is 32.2. The highest BCUT2D eigenvalue weighted by Crippen LogP contribution is 2.13. The van der Waals surface area contributed by atoms with E-state index in [1.54, 1.807) is 0 Å². The van der Waals surface area contributed by atoms with Gasteiger partial charge in [0.2, 0.25) is 0 Å². The standard InChI is InChI=1S/C20H35NS/c1-4-15-21(17-11-19-22(3)18-5-2)16-10-9-14-20-12-7-6-8-13-20/h6-8,12-13H,3-5,9-11,14-19H2,1-2H3. The minimum atomic E-state index is 0.401. The molecule has 0 fully saturated rings. The van der Waals surface area contributed by atoms with E-state index in [1.165, 1.54) is 75.2 Å². The summed E-state index contributed by atoms with van der Waals surface area (Å²) in [6.07, 6.45) is 7.72. The molecule has 0 radical (unpaired) electrons. The molecule has 0 heterocycles. The Balaban J connectivity index is 2.16. The average molecular weight is 322 g/mol. The van der Waals surface area contributed by atoms with Crippen LogP contribution >= 0.6 is 10.5 Å². The first kappa shape index (κ1) is 19.4. The molecular weight excluding hydrogens is 286 g/mol. The molecule has 0 N–H and O–H groups in total. The van der Waals surface area contributed by atoms with Gasteiger partial charge in [-0.25, -0.2) is 0 Å². The van der Waals surface area contributed by atoms with Crippen molar-refractivity contribution in [2.45, 2.75) is 52.4 Å². The lowest BCUT2D eigenvalue weighted by Crippen LogP contribution is -2.27. The van der Waals surface area contributed by atoms with Gasteiger partial charge in [0.25, 0.3) is 0 Å². The van der Waals surface area contributed by atoms with E-state index in [1.807, 2.05) is 0 Å². The van der Waals surface area contributed by atoms with Crippen LogP contribution in [0.25, 0.3) is 0 Å². The van der Waals surface area contributed by atoms with E-state index >= 15 is 0 Å². The highest BCUT2D eigenvalue weighted by Gasteiger charge is 2.04. The molecule has 2 heteroatoms. The number of benzene rings is 1. The molecule has 22 heavy (non-hydrogen) atoms. The first-order valence-corrected chi connectivity index (χ1v) is 10.7. The first-order chi connectivity index (χ1) is 10.8. The van der Waals surface area contributed by atoms with Gasteiger partial charge >= 0.3 is 0 Å². The van der Waals surface area contributed by atoms with Crippen molar-refractivity contribution in [2.75, 3.05) is 31.1 Å². The van der Waals surface area contributed by atoms with Crippen molar-refractivity contribution in [3.63, 3.8) is 0 Å². The average Bonchev–Trinajstić information content (AvgIpc) is 2.53. The van der Waals surface area contributed by atoms with Gasteiger partial charge in [-0.1, -0.05) is 50.0 Å². The second-order valence-corrected chi connectivity index (χ2v) is 8.20. The van der Waals surface area contributed by atoms with Crippen LogP contribution < -0.4 is 0 Å². The van der Waals surface area contributed by atoms with Crippen LogP contribution in [0, 0.1) is 0 Å². The predicted molar refractivity (Wildman–Crippen MR) is 105 cm³/mol. The fraction of sp³-hybridized carbons (Fsp3) is 0.650. The van der Waals surface area contributed by atoms with Gasteiger partial charge in [-0.15, -0.1) is 0 Å². The Morgan fingerprint density at radius 2 is 1.59 bits per heavy atom. The van der Waals surface area contributed by atoms with E-state index in [0.29, 0.717) is 10.5 Å². The summed E-state index contributed by atoms with van der Waals surface area (Å²) in [5.41, 5.74) is 1.48. The van der Waals surface area contributed by atoms with Crippen LogP contribution in [0.2, 0.25) is 0 Å². The van der Waals surface area contributed by atoms with E-state index in [-0.39, 0.29) is 0 Å². The molecule has 0 spiro atoms. The topological polar surface area (TPSA) is 3.24 Å². The fourth-order valence-electron chi connectivity index (χ4n) is 2.84. The molecule has 0 aliphatic carbocycles. The molecule has 1 aromatic rings. The highest BCUT2D eigenvalue weighted by molar-refractivity contribution is 8.14. The molecule has 0 aliphatic heterocycles. The molecule has 0 aliphatic rings. The minimum Gasteiger partial charge on any atom is -0.303 e. The Kier molecular flexibility index (Phi) is 11.4. The van der Waals surface area contributed by atoms with Crippen molar-refractivity contribution in [1.82, 2.24) is 4.90 Å². The zero-order valence-corrected chi connectivity index (χ0v) is 15.5. The molecular formula is C20H35NS. The zero-order chi connectivity index (χ0) is 16.0.